The molecule has 13 nitrogen and oxygen atoms in total. The predicted molar refractivity (Wildman–Crippen MR) is 129 cm³/mol. The number of hydrogen-bond donors (Lipinski definition) is 3. The van der Waals surface area contributed by atoms with Gasteiger partial charge in [-0.15, -0.1) is 0 Å². The number of anilines is 4. The lowest BCUT2D eigenvalue weighted by atomic mass is 10.1. The molecule has 0 aliphatic carbocycles. The van der Waals surface area contributed by atoms with E-state index in [0.29, 0.717) is 48.3 Å². The number of para-hydroxylation sites is 1. The van der Waals surface area contributed by atoms with Gasteiger partial charge >= 0.3 is 0 Å². The fraction of sp³-hybridized carbons (Fsp3) is 0.273. The number of primary amides is 1. The first-order valence-electron chi connectivity index (χ1n) is 10.8. The number of benzene rings is 1. The Morgan fingerprint density at radius 1 is 1.20 bits per heavy atom. The van der Waals surface area contributed by atoms with Crippen molar-refractivity contribution in [2.45, 2.75) is 13.5 Å². The van der Waals surface area contributed by atoms with Crippen LogP contribution < -0.4 is 21.1 Å². The molecule has 1 aromatic carbocycles. The van der Waals surface area contributed by atoms with Gasteiger partial charge in [-0.05, 0) is 19.1 Å². The Bertz CT molecular complexity index is 1320. The first-order valence-corrected chi connectivity index (χ1v) is 10.8. The van der Waals surface area contributed by atoms with E-state index in [1.54, 1.807) is 35.0 Å². The van der Waals surface area contributed by atoms with Crippen molar-refractivity contribution < 1.29 is 14.3 Å². The molecule has 0 unspecified atom stereocenters. The Kier molecular flexibility index (Phi) is 7.16. The van der Waals surface area contributed by atoms with Crippen LogP contribution in [0.25, 0.3) is 11.4 Å². The maximum atomic E-state index is 12.1. The largest absolute Gasteiger partial charge is 0.494 e. The summed E-state index contributed by atoms with van der Waals surface area (Å²) in [4.78, 5) is 25.0. The molecule has 0 aliphatic heterocycles. The maximum Gasteiger partial charge on any atom is 0.254 e. The Labute approximate surface area is 201 Å². The van der Waals surface area contributed by atoms with E-state index in [0.717, 1.165) is 0 Å². The standard InChI is InChI=1S/C22H26N10O3/c1-4-35-9-8-32-12-14(10-26-32)27-22-24-11-16(19(23)33)21(29-22)28-17-7-5-6-15(18(17)34-3)20-25-13-31(2)30-20/h5-7,10-13H,4,8-9H2,1-3H3,(H2,23,33)(H2,24,27,28,29). The average Bonchev–Trinajstić information content (AvgIpc) is 3.48. The predicted octanol–water partition coefficient (Wildman–Crippen LogP) is 2.10. The lowest BCUT2D eigenvalue weighted by molar-refractivity contribution is 0.100. The fourth-order valence-corrected chi connectivity index (χ4v) is 3.32. The molecule has 0 radical (unpaired) electrons. The minimum Gasteiger partial charge on any atom is -0.494 e. The summed E-state index contributed by atoms with van der Waals surface area (Å²) in [6.07, 6.45) is 6.41. The van der Waals surface area contributed by atoms with Gasteiger partial charge in [0, 0.05) is 26.0 Å². The van der Waals surface area contributed by atoms with Crippen LogP contribution in [0, 0.1) is 0 Å². The van der Waals surface area contributed by atoms with Gasteiger partial charge in [-0.2, -0.15) is 15.2 Å². The number of nitrogens with two attached hydrogens (primary N) is 1. The monoisotopic (exact) mass is 478 g/mol. The van der Waals surface area contributed by atoms with Gasteiger partial charge in [-0.1, -0.05) is 6.07 Å². The van der Waals surface area contributed by atoms with Crippen molar-refractivity contribution in [2.75, 3.05) is 31.0 Å². The van der Waals surface area contributed by atoms with Crippen LogP contribution in [0.1, 0.15) is 17.3 Å². The van der Waals surface area contributed by atoms with Crippen LogP contribution in [-0.2, 0) is 18.3 Å². The molecule has 3 aromatic heterocycles. The molecule has 4 aromatic rings. The highest BCUT2D eigenvalue weighted by Gasteiger charge is 2.18. The maximum absolute atomic E-state index is 12.1. The first-order chi connectivity index (χ1) is 17.0. The van der Waals surface area contributed by atoms with E-state index in [9.17, 15) is 4.79 Å². The zero-order chi connectivity index (χ0) is 24.8. The summed E-state index contributed by atoms with van der Waals surface area (Å²) in [7, 11) is 3.32. The van der Waals surface area contributed by atoms with Gasteiger partial charge in [0.1, 0.15) is 17.7 Å². The molecule has 13 heteroatoms. The highest BCUT2D eigenvalue weighted by Crippen LogP contribution is 2.36. The van der Waals surface area contributed by atoms with Gasteiger partial charge < -0.3 is 25.8 Å². The molecule has 35 heavy (non-hydrogen) atoms. The third-order valence-electron chi connectivity index (χ3n) is 4.93. The van der Waals surface area contributed by atoms with Crippen molar-refractivity contribution in [2.24, 2.45) is 12.8 Å². The van der Waals surface area contributed by atoms with Crippen LogP contribution in [0.4, 0.5) is 23.1 Å². The molecule has 4 N–H and O–H groups in total. The van der Waals surface area contributed by atoms with Crippen LogP contribution in [0.3, 0.4) is 0 Å². The second-order valence-corrected chi connectivity index (χ2v) is 7.39. The van der Waals surface area contributed by atoms with Crippen molar-refractivity contribution in [3.63, 3.8) is 0 Å². The van der Waals surface area contributed by atoms with Crippen molar-refractivity contribution in [3.05, 3.63) is 48.7 Å². The van der Waals surface area contributed by atoms with Gasteiger partial charge in [0.05, 0.1) is 43.4 Å². The molecule has 0 saturated carbocycles. The molecule has 0 bridgehead atoms. The number of carbonyl (C=O) groups is 1. The Hall–Kier alpha value is -4.52. The molecule has 3 heterocycles. The minimum absolute atomic E-state index is 0.117. The molecular formula is C22H26N10O3. The molecule has 0 aliphatic rings. The fourth-order valence-electron chi connectivity index (χ4n) is 3.32. The number of hydrogen-bond acceptors (Lipinski definition) is 10. The van der Waals surface area contributed by atoms with Crippen LogP contribution in [0.15, 0.2) is 43.1 Å². The van der Waals surface area contributed by atoms with E-state index >= 15 is 0 Å². The van der Waals surface area contributed by atoms with E-state index in [1.165, 1.54) is 13.3 Å². The smallest absolute Gasteiger partial charge is 0.254 e. The molecular weight excluding hydrogens is 452 g/mol. The van der Waals surface area contributed by atoms with Crippen molar-refractivity contribution in [3.8, 4) is 17.1 Å². The van der Waals surface area contributed by atoms with E-state index in [2.05, 4.69) is 35.8 Å². The molecule has 4 rings (SSSR count). The third-order valence-corrected chi connectivity index (χ3v) is 4.93. The number of nitrogens with zero attached hydrogens (tertiary/aromatic N) is 7. The number of aryl methyl sites for hydroxylation is 1. The summed E-state index contributed by atoms with van der Waals surface area (Å²) < 4.78 is 14.3. The number of nitrogens with one attached hydrogen (secondary N) is 2. The lowest BCUT2D eigenvalue weighted by Crippen LogP contribution is -2.16. The lowest BCUT2D eigenvalue weighted by Gasteiger charge is -2.15. The number of aromatic nitrogens is 7. The number of ether oxygens (including phenoxy) is 2. The molecule has 0 atom stereocenters. The van der Waals surface area contributed by atoms with Gasteiger partial charge in [0.25, 0.3) is 5.91 Å². The van der Waals surface area contributed by atoms with E-state index in [-0.39, 0.29) is 17.3 Å². The van der Waals surface area contributed by atoms with E-state index in [4.69, 9.17) is 15.2 Å². The first kappa shape index (κ1) is 23.6. The van der Waals surface area contributed by atoms with Gasteiger partial charge in [-0.3, -0.25) is 14.2 Å². The third kappa shape index (κ3) is 5.52. The number of carbonyl (C=O) groups excluding carboxylic acids is 1. The Morgan fingerprint density at radius 3 is 2.77 bits per heavy atom. The zero-order valence-corrected chi connectivity index (χ0v) is 19.6. The van der Waals surface area contributed by atoms with Crippen LogP contribution in [-0.4, -0.2) is 60.7 Å². The highest BCUT2D eigenvalue weighted by molar-refractivity contribution is 5.98. The molecule has 1 amide bonds. The number of methoxy groups -OCH3 is 1. The summed E-state index contributed by atoms with van der Waals surface area (Å²) in [5, 5.41) is 14.8. The summed E-state index contributed by atoms with van der Waals surface area (Å²) in [5.74, 6) is 0.767. The SMILES string of the molecule is CCOCCn1cc(Nc2ncc(C(N)=O)c(Nc3cccc(-c4ncn(C)n4)c3OC)n2)cn1. The van der Waals surface area contributed by atoms with Gasteiger partial charge in [0.15, 0.2) is 11.6 Å². The number of amides is 1. The van der Waals surface area contributed by atoms with Crippen LogP contribution in [0.2, 0.25) is 0 Å². The second-order valence-electron chi connectivity index (χ2n) is 7.39. The zero-order valence-electron chi connectivity index (χ0n) is 19.6. The second kappa shape index (κ2) is 10.6. The topological polar surface area (TPSA) is 160 Å². The molecule has 0 spiro atoms. The molecule has 182 valence electrons. The van der Waals surface area contributed by atoms with Gasteiger partial charge in [-0.25, -0.2) is 9.97 Å². The molecule has 0 fully saturated rings. The quantitative estimate of drug-likeness (QED) is 0.272. The van der Waals surface area contributed by atoms with Crippen molar-refractivity contribution >= 4 is 29.0 Å². The Balaban J connectivity index is 1.61. The minimum atomic E-state index is -0.677. The summed E-state index contributed by atoms with van der Waals surface area (Å²) in [6.45, 7) is 3.76. The normalized spacial score (nSPS) is 10.8. The van der Waals surface area contributed by atoms with Crippen molar-refractivity contribution in [1.82, 2.24) is 34.5 Å². The van der Waals surface area contributed by atoms with Gasteiger partial charge in [0.2, 0.25) is 5.95 Å². The van der Waals surface area contributed by atoms with E-state index in [1.807, 2.05) is 25.3 Å². The molecule has 0 saturated heterocycles. The van der Waals surface area contributed by atoms with Crippen LogP contribution >= 0.6 is 0 Å². The average molecular weight is 479 g/mol. The Morgan fingerprint density at radius 2 is 2.06 bits per heavy atom. The van der Waals surface area contributed by atoms with Crippen molar-refractivity contribution in [1.29, 1.82) is 0 Å². The summed E-state index contributed by atoms with van der Waals surface area (Å²) in [5.41, 5.74) is 7.59. The highest BCUT2D eigenvalue weighted by atomic mass is 16.5. The summed E-state index contributed by atoms with van der Waals surface area (Å²) in [6, 6.07) is 5.44. The summed E-state index contributed by atoms with van der Waals surface area (Å²) >= 11 is 0. The van der Waals surface area contributed by atoms with Crippen LogP contribution in [0.5, 0.6) is 5.75 Å². The van der Waals surface area contributed by atoms with E-state index < -0.39 is 5.91 Å². The number of rotatable bonds is 11.